The summed E-state index contributed by atoms with van der Waals surface area (Å²) in [5, 5.41) is 9.29. The first kappa shape index (κ1) is 12.4. The molecule has 1 fully saturated rings. The zero-order valence-electron chi connectivity index (χ0n) is 10.7. The lowest BCUT2D eigenvalue weighted by Gasteiger charge is -2.34. The highest BCUT2D eigenvalue weighted by atomic mass is 16.3. The average Bonchev–Trinajstić information content (AvgIpc) is 2.39. The third-order valence-corrected chi connectivity index (χ3v) is 3.79. The lowest BCUT2D eigenvalue weighted by atomic mass is 9.99. The molecule has 2 nitrogen and oxygen atoms in total. The average molecular weight is 233 g/mol. The van der Waals surface area contributed by atoms with Crippen LogP contribution < -0.4 is 0 Å². The van der Waals surface area contributed by atoms with Gasteiger partial charge in [-0.05, 0) is 56.5 Å². The predicted molar refractivity (Wildman–Crippen MR) is 71.3 cm³/mol. The summed E-state index contributed by atoms with van der Waals surface area (Å²) in [5.74, 6) is 0.361. The Morgan fingerprint density at radius 2 is 1.76 bits per heavy atom. The number of likely N-dealkylation sites (tertiary alicyclic amines) is 1. The number of rotatable bonds is 4. The maximum absolute atomic E-state index is 9.29. The van der Waals surface area contributed by atoms with Gasteiger partial charge in [0.25, 0.3) is 0 Å². The number of phenolic OH excluding ortho intramolecular Hbond substituents is 1. The summed E-state index contributed by atoms with van der Waals surface area (Å²) in [6.45, 7) is 4.80. The molecule has 1 aliphatic heterocycles. The van der Waals surface area contributed by atoms with E-state index >= 15 is 0 Å². The molecule has 1 aromatic carbocycles. The molecule has 1 atom stereocenters. The molecule has 0 bridgehead atoms. The highest BCUT2D eigenvalue weighted by molar-refractivity contribution is 5.26. The number of nitrogens with zero attached hydrogens (tertiary/aromatic N) is 1. The molecule has 0 saturated carbocycles. The molecule has 1 N–H and O–H groups in total. The molecule has 0 radical (unpaired) electrons. The maximum Gasteiger partial charge on any atom is 0.115 e. The number of aromatic hydroxyl groups is 1. The normalized spacial score (nSPS) is 19.1. The Morgan fingerprint density at radius 3 is 2.35 bits per heavy atom. The standard InChI is InChI=1S/C15H23NO/c1-2-14(16-10-4-3-5-11-16)12-13-6-8-15(17)9-7-13/h6-9,14,17H,2-5,10-12H2,1H3. The van der Waals surface area contributed by atoms with E-state index in [1.165, 1.54) is 44.3 Å². The Kier molecular flexibility index (Phi) is 4.43. The number of benzene rings is 1. The molecule has 17 heavy (non-hydrogen) atoms. The van der Waals surface area contributed by atoms with Crippen molar-refractivity contribution in [3.8, 4) is 5.75 Å². The first-order valence-corrected chi connectivity index (χ1v) is 6.81. The van der Waals surface area contributed by atoms with Crippen LogP contribution in [0.15, 0.2) is 24.3 Å². The van der Waals surface area contributed by atoms with Gasteiger partial charge in [-0.2, -0.15) is 0 Å². The van der Waals surface area contributed by atoms with Gasteiger partial charge >= 0.3 is 0 Å². The zero-order valence-corrected chi connectivity index (χ0v) is 10.7. The SMILES string of the molecule is CCC(Cc1ccc(O)cc1)N1CCCCC1. The second kappa shape index (κ2) is 6.06. The van der Waals surface area contributed by atoms with Crippen LogP contribution in [0.4, 0.5) is 0 Å². The highest BCUT2D eigenvalue weighted by Gasteiger charge is 2.19. The van der Waals surface area contributed by atoms with Crippen molar-refractivity contribution in [3.63, 3.8) is 0 Å². The van der Waals surface area contributed by atoms with Crippen LogP contribution in [0.25, 0.3) is 0 Å². The van der Waals surface area contributed by atoms with Gasteiger partial charge in [0, 0.05) is 6.04 Å². The van der Waals surface area contributed by atoms with Gasteiger partial charge in [0.1, 0.15) is 5.75 Å². The van der Waals surface area contributed by atoms with Gasteiger partial charge in [0.15, 0.2) is 0 Å². The first-order chi connectivity index (χ1) is 8.29. The minimum absolute atomic E-state index is 0.361. The van der Waals surface area contributed by atoms with Gasteiger partial charge in [-0.25, -0.2) is 0 Å². The van der Waals surface area contributed by atoms with Crippen molar-refractivity contribution in [2.45, 2.75) is 45.1 Å². The largest absolute Gasteiger partial charge is 0.508 e. The summed E-state index contributed by atoms with van der Waals surface area (Å²) in [6.07, 6.45) is 6.42. The van der Waals surface area contributed by atoms with Crippen molar-refractivity contribution >= 4 is 0 Å². The molecule has 0 amide bonds. The van der Waals surface area contributed by atoms with E-state index < -0.39 is 0 Å². The Bertz CT molecular complexity index is 327. The fraction of sp³-hybridized carbons (Fsp3) is 0.600. The lowest BCUT2D eigenvalue weighted by Crippen LogP contribution is -2.40. The molecule has 2 heteroatoms. The Labute approximate surface area is 104 Å². The summed E-state index contributed by atoms with van der Waals surface area (Å²) >= 11 is 0. The van der Waals surface area contributed by atoms with Crippen molar-refractivity contribution in [2.24, 2.45) is 0 Å². The number of hydrogen-bond acceptors (Lipinski definition) is 2. The van der Waals surface area contributed by atoms with E-state index in [1.807, 2.05) is 12.1 Å². The van der Waals surface area contributed by atoms with Gasteiger partial charge in [-0.1, -0.05) is 25.5 Å². The van der Waals surface area contributed by atoms with E-state index in [2.05, 4.69) is 11.8 Å². The van der Waals surface area contributed by atoms with E-state index in [9.17, 15) is 5.11 Å². The topological polar surface area (TPSA) is 23.5 Å². The summed E-state index contributed by atoms with van der Waals surface area (Å²) in [6, 6.07) is 8.33. The monoisotopic (exact) mass is 233 g/mol. The molecule has 1 saturated heterocycles. The number of piperidine rings is 1. The van der Waals surface area contributed by atoms with Crippen LogP contribution in [0.3, 0.4) is 0 Å². The van der Waals surface area contributed by atoms with Gasteiger partial charge in [-0.15, -0.1) is 0 Å². The smallest absolute Gasteiger partial charge is 0.115 e. The molecular formula is C15H23NO. The third-order valence-electron chi connectivity index (χ3n) is 3.79. The van der Waals surface area contributed by atoms with E-state index in [1.54, 1.807) is 12.1 Å². The van der Waals surface area contributed by atoms with Gasteiger partial charge < -0.3 is 10.0 Å². The molecule has 0 aromatic heterocycles. The van der Waals surface area contributed by atoms with Crippen LogP contribution in [0.2, 0.25) is 0 Å². The molecule has 0 spiro atoms. The molecule has 1 aromatic rings. The molecule has 94 valence electrons. The summed E-state index contributed by atoms with van der Waals surface area (Å²) < 4.78 is 0. The van der Waals surface area contributed by atoms with Crippen LogP contribution in [-0.2, 0) is 6.42 Å². The molecule has 1 unspecified atom stereocenters. The highest BCUT2D eigenvalue weighted by Crippen LogP contribution is 2.19. The minimum Gasteiger partial charge on any atom is -0.508 e. The van der Waals surface area contributed by atoms with Crippen molar-refractivity contribution in [1.29, 1.82) is 0 Å². The third kappa shape index (κ3) is 3.47. The maximum atomic E-state index is 9.29. The Balaban J connectivity index is 1.96. The molecule has 1 heterocycles. The van der Waals surface area contributed by atoms with Crippen molar-refractivity contribution in [3.05, 3.63) is 29.8 Å². The van der Waals surface area contributed by atoms with Crippen LogP contribution >= 0.6 is 0 Å². The van der Waals surface area contributed by atoms with Crippen molar-refractivity contribution < 1.29 is 5.11 Å². The van der Waals surface area contributed by atoms with Crippen molar-refractivity contribution in [1.82, 2.24) is 4.90 Å². The number of phenols is 1. The molecule has 0 aliphatic carbocycles. The molecule has 2 rings (SSSR count). The fourth-order valence-electron chi connectivity index (χ4n) is 2.72. The van der Waals surface area contributed by atoms with Crippen LogP contribution in [0.1, 0.15) is 38.2 Å². The van der Waals surface area contributed by atoms with Crippen LogP contribution in [0.5, 0.6) is 5.75 Å². The van der Waals surface area contributed by atoms with Crippen LogP contribution in [-0.4, -0.2) is 29.1 Å². The first-order valence-electron chi connectivity index (χ1n) is 6.81. The second-order valence-electron chi connectivity index (χ2n) is 5.03. The molecular weight excluding hydrogens is 210 g/mol. The quantitative estimate of drug-likeness (QED) is 0.863. The predicted octanol–water partition coefficient (Wildman–Crippen LogP) is 3.20. The zero-order chi connectivity index (χ0) is 12.1. The van der Waals surface area contributed by atoms with Crippen molar-refractivity contribution in [2.75, 3.05) is 13.1 Å². The second-order valence-corrected chi connectivity index (χ2v) is 5.03. The van der Waals surface area contributed by atoms with E-state index in [4.69, 9.17) is 0 Å². The Hall–Kier alpha value is -1.02. The van der Waals surface area contributed by atoms with E-state index in [0.29, 0.717) is 11.8 Å². The summed E-state index contributed by atoms with van der Waals surface area (Å²) in [5.41, 5.74) is 1.33. The van der Waals surface area contributed by atoms with Gasteiger partial charge in [0.05, 0.1) is 0 Å². The van der Waals surface area contributed by atoms with E-state index in [-0.39, 0.29) is 0 Å². The lowest BCUT2D eigenvalue weighted by molar-refractivity contribution is 0.158. The fourth-order valence-corrected chi connectivity index (χ4v) is 2.72. The Morgan fingerprint density at radius 1 is 1.12 bits per heavy atom. The van der Waals surface area contributed by atoms with Gasteiger partial charge in [0.2, 0.25) is 0 Å². The minimum atomic E-state index is 0.361. The number of hydrogen-bond donors (Lipinski definition) is 1. The summed E-state index contributed by atoms with van der Waals surface area (Å²) in [7, 11) is 0. The van der Waals surface area contributed by atoms with E-state index in [0.717, 1.165) is 6.42 Å². The van der Waals surface area contributed by atoms with Crippen LogP contribution in [0, 0.1) is 0 Å². The van der Waals surface area contributed by atoms with Gasteiger partial charge in [-0.3, -0.25) is 0 Å². The molecule has 1 aliphatic rings. The summed E-state index contributed by atoms with van der Waals surface area (Å²) in [4.78, 5) is 2.64.